The quantitative estimate of drug-likeness (QED) is 0.612. The Hall–Kier alpha value is -2.38. The second kappa shape index (κ2) is 10.5. The summed E-state index contributed by atoms with van der Waals surface area (Å²) in [6, 6.07) is 9.99. The number of thiophene rings is 1. The Balaban J connectivity index is 1.54. The summed E-state index contributed by atoms with van der Waals surface area (Å²) in [5.74, 6) is 0.344. The summed E-state index contributed by atoms with van der Waals surface area (Å²) in [6.45, 7) is 1.85. The first-order valence-corrected chi connectivity index (χ1v) is 12.4. The lowest BCUT2D eigenvalue weighted by Crippen LogP contribution is -2.38. The molecule has 2 heterocycles. The van der Waals surface area contributed by atoms with E-state index in [1.165, 1.54) is 0 Å². The molecule has 2 fully saturated rings. The van der Waals surface area contributed by atoms with Gasteiger partial charge < -0.3 is 19.9 Å². The first-order chi connectivity index (χ1) is 15.5. The topological polar surface area (TPSA) is 61.9 Å². The molecule has 1 aromatic heterocycles. The van der Waals surface area contributed by atoms with Crippen molar-refractivity contribution in [2.75, 3.05) is 37.5 Å². The van der Waals surface area contributed by atoms with Crippen LogP contribution < -0.4 is 10.2 Å². The van der Waals surface area contributed by atoms with Crippen LogP contribution in [0.1, 0.15) is 42.5 Å². The van der Waals surface area contributed by atoms with Crippen molar-refractivity contribution in [1.29, 1.82) is 0 Å². The van der Waals surface area contributed by atoms with Crippen molar-refractivity contribution < 1.29 is 14.3 Å². The van der Waals surface area contributed by atoms with Gasteiger partial charge in [0.2, 0.25) is 11.8 Å². The first-order valence-electron chi connectivity index (χ1n) is 11.5. The van der Waals surface area contributed by atoms with E-state index in [2.05, 4.69) is 10.2 Å². The Morgan fingerprint density at radius 1 is 1.16 bits per heavy atom. The van der Waals surface area contributed by atoms with Crippen LogP contribution >= 0.6 is 11.3 Å². The summed E-state index contributed by atoms with van der Waals surface area (Å²) in [5.41, 5.74) is 2.87. The highest BCUT2D eigenvalue weighted by molar-refractivity contribution is 7.10. The van der Waals surface area contributed by atoms with Gasteiger partial charge in [-0.05, 0) is 60.9 Å². The van der Waals surface area contributed by atoms with Crippen LogP contribution in [-0.4, -0.2) is 50.1 Å². The van der Waals surface area contributed by atoms with Gasteiger partial charge in [0.15, 0.2) is 0 Å². The fraction of sp³-hybridized carbons (Fsp3) is 0.520. The van der Waals surface area contributed by atoms with Gasteiger partial charge in [0.1, 0.15) is 0 Å². The number of carbonyl (C=O) groups excluding carboxylic acids is 2. The van der Waals surface area contributed by atoms with Crippen molar-refractivity contribution in [1.82, 2.24) is 4.90 Å². The third-order valence-corrected chi connectivity index (χ3v) is 7.25. The number of ether oxygens (including phenoxy) is 1. The molecule has 1 N–H and O–H groups in total. The number of anilines is 2. The standard InChI is InChI=1S/C25H33N3O3S/c1-27(2)23-11-10-20(26-25(30)18-6-3-7-18)14-19(23)16-28(17-21-8-4-12-31-21)24(29)15-22-9-5-13-32-22/h5,9-11,13-14,18,21H,3-4,6-8,12,15-17H2,1-2H3,(H,26,30). The Morgan fingerprint density at radius 2 is 2.00 bits per heavy atom. The Labute approximate surface area is 194 Å². The number of carbonyl (C=O) groups is 2. The van der Waals surface area contributed by atoms with E-state index in [9.17, 15) is 9.59 Å². The van der Waals surface area contributed by atoms with Crippen molar-refractivity contribution in [3.05, 3.63) is 46.2 Å². The van der Waals surface area contributed by atoms with E-state index in [4.69, 9.17) is 4.74 Å². The van der Waals surface area contributed by atoms with E-state index in [1.807, 2.05) is 54.7 Å². The molecule has 2 amide bonds. The molecule has 6 nitrogen and oxygen atoms in total. The maximum Gasteiger partial charge on any atom is 0.228 e. The summed E-state index contributed by atoms with van der Waals surface area (Å²) in [7, 11) is 4.01. The van der Waals surface area contributed by atoms with Gasteiger partial charge in [0.25, 0.3) is 0 Å². The van der Waals surface area contributed by atoms with Gasteiger partial charge in [0.05, 0.1) is 12.5 Å². The predicted octanol–water partition coefficient (Wildman–Crippen LogP) is 4.30. The lowest BCUT2D eigenvalue weighted by Gasteiger charge is -2.28. The van der Waals surface area contributed by atoms with Gasteiger partial charge in [-0.15, -0.1) is 11.3 Å². The number of benzene rings is 1. The number of nitrogens with zero attached hydrogens (tertiary/aromatic N) is 2. The van der Waals surface area contributed by atoms with Gasteiger partial charge >= 0.3 is 0 Å². The first kappa shape index (κ1) is 22.8. The van der Waals surface area contributed by atoms with Crippen LogP contribution in [-0.2, 0) is 27.3 Å². The molecule has 2 aromatic rings. The van der Waals surface area contributed by atoms with E-state index in [0.29, 0.717) is 19.5 Å². The largest absolute Gasteiger partial charge is 0.377 e. The van der Waals surface area contributed by atoms with Gasteiger partial charge in [-0.25, -0.2) is 0 Å². The average molecular weight is 456 g/mol. The summed E-state index contributed by atoms with van der Waals surface area (Å²) in [4.78, 5) is 30.8. The molecule has 0 radical (unpaired) electrons. The number of hydrogen-bond donors (Lipinski definition) is 1. The Bertz CT molecular complexity index is 919. The average Bonchev–Trinajstić information content (AvgIpc) is 3.40. The zero-order valence-electron chi connectivity index (χ0n) is 19.0. The number of rotatable bonds is 9. The van der Waals surface area contributed by atoms with Crippen LogP contribution in [0.3, 0.4) is 0 Å². The molecular formula is C25H33N3O3S. The van der Waals surface area contributed by atoms with Gasteiger partial charge in [-0.3, -0.25) is 9.59 Å². The maximum absolute atomic E-state index is 13.3. The second-order valence-electron chi connectivity index (χ2n) is 9.02. The van der Waals surface area contributed by atoms with Crippen molar-refractivity contribution in [2.24, 2.45) is 5.92 Å². The fourth-order valence-electron chi connectivity index (χ4n) is 4.31. The molecule has 2 aliphatic rings. The predicted molar refractivity (Wildman–Crippen MR) is 129 cm³/mol. The van der Waals surface area contributed by atoms with E-state index in [0.717, 1.165) is 60.5 Å². The van der Waals surface area contributed by atoms with Gasteiger partial charge in [0, 0.05) is 56.0 Å². The summed E-state index contributed by atoms with van der Waals surface area (Å²) in [6.07, 6.45) is 5.60. The van der Waals surface area contributed by atoms with E-state index >= 15 is 0 Å². The number of amides is 2. The van der Waals surface area contributed by atoms with Gasteiger partial charge in [-0.1, -0.05) is 12.5 Å². The van der Waals surface area contributed by atoms with Crippen LogP contribution in [0.4, 0.5) is 11.4 Å². The van der Waals surface area contributed by atoms with Crippen LogP contribution in [0.25, 0.3) is 0 Å². The Kier molecular flexibility index (Phi) is 7.48. The van der Waals surface area contributed by atoms with Crippen molar-refractivity contribution in [3.63, 3.8) is 0 Å². The van der Waals surface area contributed by atoms with Crippen molar-refractivity contribution in [2.45, 2.75) is 51.2 Å². The van der Waals surface area contributed by atoms with E-state index in [1.54, 1.807) is 11.3 Å². The minimum atomic E-state index is 0.0894. The van der Waals surface area contributed by atoms with Crippen LogP contribution in [0.15, 0.2) is 35.7 Å². The molecule has 7 heteroatoms. The molecule has 0 spiro atoms. The molecule has 1 aliphatic carbocycles. The molecule has 1 saturated heterocycles. The summed E-state index contributed by atoms with van der Waals surface area (Å²) in [5, 5.41) is 5.08. The highest BCUT2D eigenvalue weighted by atomic mass is 32.1. The number of nitrogens with one attached hydrogen (secondary N) is 1. The molecule has 1 atom stereocenters. The maximum atomic E-state index is 13.3. The molecule has 1 aliphatic heterocycles. The monoisotopic (exact) mass is 455 g/mol. The molecule has 1 unspecified atom stereocenters. The highest BCUT2D eigenvalue weighted by Gasteiger charge is 2.26. The van der Waals surface area contributed by atoms with Crippen molar-refractivity contribution >= 4 is 34.5 Å². The van der Waals surface area contributed by atoms with Crippen LogP contribution in [0.2, 0.25) is 0 Å². The molecular weight excluding hydrogens is 422 g/mol. The molecule has 1 saturated carbocycles. The van der Waals surface area contributed by atoms with E-state index < -0.39 is 0 Å². The fourth-order valence-corrected chi connectivity index (χ4v) is 5.01. The smallest absolute Gasteiger partial charge is 0.228 e. The van der Waals surface area contributed by atoms with Gasteiger partial charge in [-0.2, -0.15) is 0 Å². The summed E-state index contributed by atoms with van der Waals surface area (Å²) >= 11 is 1.61. The Morgan fingerprint density at radius 3 is 2.62 bits per heavy atom. The zero-order chi connectivity index (χ0) is 22.5. The van der Waals surface area contributed by atoms with Crippen LogP contribution in [0, 0.1) is 5.92 Å². The molecule has 172 valence electrons. The molecule has 1 aromatic carbocycles. The lowest BCUT2D eigenvalue weighted by atomic mass is 9.85. The summed E-state index contributed by atoms with van der Waals surface area (Å²) < 4.78 is 5.85. The highest BCUT2D eigenvalue weighted by Crippen LogP contribution is 2.30. The minimum Gasteiger partial charge on any atom is -0.377 e. The molecule has 4 rings (SSSR count). The lowest BCUT2D eigenvalue weighted by molar-refractivity contribution is -0.132. The van der Waals surface area contributed by atoms with Crippen LogP contribution in [0.5, 0.6) is 0 Å². The zero-order valence-corrected chi connectivity index (χ0v) is 19.8. The third kappa shape index (κ3) is 5.70. The molecule has 0 bridgehead atoms. The van der Waals surface area contributed by atoms with Crippen molar-refractivity contribution in [3.8, 4) is 0 Å². The third-order valence-electron chi connectivity index (χ3n) is 6.37. The van der Waals surface area contributed by atoms with E-state index in [-0.39, 0.29) is 23.8 Å². The number of hydrogen-bond acceptors (Lipinski definition) is 5. The normalized spacial score (nSPS) is 18.2. The molecule has 32 heavy (non-hydrogen) atoms. The minimum absolute atomic E-state index is 0.0894. The SMILES string of the molecule is CN(C)c1ccc(NC(=O)C2CCC2)cc1CN(CC1CCCO1)C(=O)Cc1cccs1. The second-order valence-corrected chi connectivity index (χ2v) is 10.1.